The first-order valence-corrected chi connectivity index (χ1v) is 6.44. The number of hydrogen-bond acceptors (Lipinski definition) is 3. The average Bonchev–Trinajstić information content (AvgIpc) is 2.45. The van der Waals surface area contributed by atoms with Crippen molar-refractivity contribution in [2.45, 2.75) is 6.04 Å². The van der Waals surface area contributed by atoms with E-state index in [4.69, 9.17) is 16.7 Å². The molecule has 2 rings (SSSR count). The zero-order chi connectivity index (χ0) is 15.4. The lowest BCUT2D eigenvalue weighted by Gasteiger charge is -2.18. The smallest absolute Gasteiger partial charge is 0.337 e. The topological polar surface area (TPSA) is 86.6 Å². The Hall–Kier alpha value is -2.53. The van der Waals surface area contributed by atoms with Gasteiger partial charge in [-0.15, -0.1) is 0 Å². The van der Waals surface area contributed by atoms with E-state index < -0.39 is 18.0 Å². The van der Waals surface area contributed by atoms with Crippen LogP contribution in [-0.4, -0.2) is 22.2 Å². The van der Waals surface area contributed by atoms with Crippen molar-refractivity contribution < 1.29 is 19.8 Å². The molecular weight excluding hydrogens is 294 g/mol. The van der Waals surface area contributed by atoms with Crippen molar-refractivity contribution in [2.75, 3.05) is 5.32 Å². The van der Waals surface area contributed by atoms with Gasteiger partial charge in [-0.25, -0.2) is 9.59 Å². The van der Waals surface area contributed by atoms with Gasteiger partial charge < -0.3 is 15.5 Å². The molecule has 2 aromatic carbocycles. The number of hydrogen-bond donors (Lipinski definition) is 3. The number of aliphatic carboxylic acids is 1. The van der Waals surface area contributed by atoms with E-state index in [1.165, 1.54) is 12.1 Å². The zero-order valence-electron chi connectivity index (χ0n) is 10.8. The normalized spacial score (nSPS) is 11.7. The first kappa shape index (κ1) is 14.9. The molecule has 108 valence electrons. The molecule has 5 nitrogen and oxygen atoms in total. The maximum atomic E-state index is 11.5. The number of aromatic carboxylic acids is 1. The van der Waals surface area contributed by atoms with Gasteiger partial charge in [0.1, 0.15) is 0 Å². The van der Waals surface area contributed by atoms with Crippen molar-refractivity contribution in [2.24, 2.45) is 0 Å². The van der Waals surface area contributed by atoms with E-state index in [9.17, 15) is 14.7 Å². The summed E-state index contributed by atoms with van der Waals surface area (Å²) in [6, 6.07) is 11.5. The molecule has 2 aromatic rings. The largest absolute Gasteiger partial charge is 0.479 e. The lowest BCUT2D eigenvalue weighted by Crippen LogP contribution is -2.22. The van der Waals surface area contributed by atoms with Gasteiger partial charge in [0.15, 0.2) is 6.04 Å². The second kappa shape index (κ2) is 6.28. The Morgan fingerprint density at radius 2 is 1.62 bits per heavy atom. The summed E-state index contributed by atoms with van der Waals surface area (Å²) in [5, 5.41) is 21.5. The number of halogens is 1. The first-order valence-electron chi connectivity index (χ1n) is 6.07. The summed E-state index contributed by atoms with van der Waals surface area (Å²) in [5.74, 6) is -2.29. The minimum atomic E-state index is -1.15. The second-order valence-corrected chi connectivity index (χ2v) is 4.70. The molecule has 0 aliphatic carbocycles. The monoisotopic (exact) mass is 305 g/mol. The number of carboxylic acids is 2. The van der Waals surface area contributed by atoms with Gasteiger partial charge in [-0.05, 0) is 18.2 Å². The predicted octanol–water partition coefficient (Wildman–Crippen LogP) is 3.28. The molecule has 6 heteroatoms. The van der Waals surface area contributed by atoms with Crippen LogP contribution in [0.5, 0.6) is 0 Å². The van der Waals surface area contributed by atoms with Crippen LogP contribution in [0.15, 0.2) is 48.5 Å². The van der Waals surface area contributed by atoms with Crippen LogP contribution >= 0.6 is 11.6 Å². The maximum Gasteiger partial charge on any atom is 0.337 e. The Bertz CT molecular complexity index is 687. The number of benzene rings is 2. The lowest BCUT2D eigenvalue weighted by atomic mass is 10.1. The molecule has 0 saturated carbocycles. The van der Waals surface area contributed by atoms with Gasteiger partial charge in [-0.2, -0.15) is 0 Å². The van der Waals surface area contributed by atoms with Gasteiger partial charge in [-0.3, -0.25) is 0 Å². The fourth-order valence-electron chi connectivity index (χ4n) is 1.93. The first-order chi connectivity index (χ1) is 10.0. The number of para-hydroxylation sites is 1. The third-order valence-corrected chi connectivity index (χ3v) is 3.26. The van der Waals surface area contributed by atoms with Crippen LogP contribution in [0.3, 0.4) is 0 Å². The van der Waals surface area contributed by atoms with Gasteiger partial charge in [0.2, 0.25) is 0 Å². The molecule has 0 spiro atoms. The molecule has 1 atom stereocenters. The van der Waals surface area contributed by atoms with Crippen LogP contribution < -0.4 is 5.32 Å². The number of carbonyl (C=O) groups is 2. The second-order valence-electron chi connectivity index (χ2n) is 4.29. The lowest BCUT2D eigenvalue weighted by molar-refractivity contribution is -0.138. The van der Waals surface area contributed by atoms with Gasteiger partial charge in [0.05, 0.1) is 5.56 Å². The number of carboxylic acid groups (broad SMARTS) is 2. The highest BCUT2D eigenvalue weighted by Gasteiger charge is 2.23. The minimum absolute atomic E-state index is 0.00389. The Morgan fingerprint density at radius 3 is 2.24 bits per heavy atom. The van der Waals surface area contributed by atoms with Crippen LogP contribution in [-0.2, 0) is 4.79 Å². The van der Waals surface area contributed by atoms with Crippen molar-refractivity contribution in [3.63, 3.8) is 0 Å². The highest BCUT2D eigenvalue weighted by atomic mass is 35.5. The summed E-state index contributed by atoms with van der Waals surface area (Å²) in [6.45, 7) is 0. The number of rotatable bonds is 5. The van der Waals surface area contributed by atoms with Crippen LogP contribution in [0.1, 0.15) is 22.0 Å². The summed E-state index contributed by atoms with van der Waals surface area (Å²) in [4.78, 5) is 22.6. The standard InChI is InChI=1S/C15H12ClNO4/c16-11-7-3-1-5-9(11)13(15(20)21)17-12-8-4-2-6-10(12)14(18)19/h1-8,13,17H,(H,18,19)(H,20,21). The van der Waals surface area contributed by atoms with Crippen molar-refractivity contribution in [1.29, 1.82) is 0 Å². The Kier molecular flexibility index (Phi) is 4.45. The average molecular weight is 306 g/mol. The predicted molar refractivity (Wildman–Crippen MR) is 78.9 cm³/mol. The molecule has 0 fully saturated rings. The van der Waals surface area contributed by atoms with Gasteiger partial charge in [-0.1, -0.05) is 41.9 Å². The van der Waals surface area contributed by atoms with Crippen molar-refractivity contribution in [1.82, 2.24) is 0 Å². The van der Waals surface area contributed by atoms with Crippen LogP contribution in [0.4, 0.5) is 5.69 Å². The molecule has 1 unspecified atom stereocenters. The van der Waals surface area contributed by atoms with Crippen molar-refractivity contribution in [3.8, 4) is 0 Å². The highest BCUT2D eigenvalue weighted by Crippen LogP contribution is 2.27. The number of nitrogens with one attached hydrogen (secondary N) is 1. The molecule has 0 bridgehead atoms. The maximum absolute atomic E-state index is 11.5. The molecule has 3 N–H and O–H groups in total. The summed E-state index contributed by atoms with van der Waals surface area (Å²) in [7, 11) is 0. The number of anilines is 1. The van der Waals surface area contributed by atoms with Crippen LogP contribution in [0.2, 0.25) is 5.02 Å². The van der Waals surface area contributed by atoms with E-state index in [0.29, 0.717) is 10.6 Å². The molecule has 0 aromatic heterocycles. The Labute approximate surface area is 125 Å². The quantitative estimate of drug-likeness (QED) is 0.789. The molecule has 0 amide bonds. The van der Waals surface area contributed by atoms with E-state index in [-0.39, 0.29) is 11.3 Å². The molecular formula is C15H12ClNO4. The third-order valence-electron chi connectivity index (χ3n) is 2.92. The zero-order valence-corrected chi connectivity index (χ0v) is 11.5. The van der Waals surface area contributed by atoms with E-state index in [2.05, 4.69) is 5.32 Å². The van der Waals surface area contributed by atoms with Crippen molar-refractivity contribution in [3.05, 3.63) is 64.7 Å². The summed E-state index contributed by atoms with van der Waals surface area (Å²) in [6.07, 6.45) is 0. The fraction of sp³-hybridized carbons (Fsp3) is 0.0667. The molecule has 0 heterocycles. The van der Waals surface area contributed by atoms with Gasteiger partial charge in [0, 0.05) is 16.3 Å². The molecule has 0 aliphatic rings. The van der Waals surface area contributed by atoms with E-state index >= 15 is 0 Å². The molecule has 0 aliphatic heterocycles. The Morgan fingerprint density at radius 1 is 1.00 bits per heavy atom. The van der Waals surface area contributed by atoms with Crippen LogP contribution in [0, 0.1) is 0 Å². The summed E-state index contributed by atoms with van der Waals surface area (Å²) in [5.41, 5.74) is 0.583. The van der Waals surface area contributed by atoms with E-state index in [0.717, 1.165) is 0 Å². The third kappa shape index (κ3) is 3.32. The highest BCUT2D eigenvalue weighted by molar-refractivity contribution is 6.31. The summed E-state index contributed by atoms with van der Waals surface area (Å²) < 4.78 is 0. The van der Waals surface area contributed by atoms with Crippen molar-refractivity contribution >= 4 is 29.2 Å². The van der Waals surface area contributed by atoms with E-state index in [1.807, 2.05) is 0 Å². The Balaban J connectivity index is 2.41. The van der Waals surface area contributed by atoms with E-state index in [1.54, 1.807) is 36.4 Å². The molecule has 0 saturated heterocycles. The molecule has 21 heavy (non-hydrogen) atoms. The van der Waals surface area contributed by atoms with Gasteiger partial charge >= 0.3 is 11.9 Å². The van der Waals surface area contributed by atoms with Crippen LogP contribution in [0.25, 0.3) is 0 Å². The fourth-order valence-corrected chi connectivity index (χ4v) is 2.18. The SMILES string of the molecule is O=C(O)c1ccccc1NC(C(=O)O)c1ccccc1Cl. The van der Waals surface area contributed by atoms with Gasteiger partial charge in [0.25, 0.3) is 0 Å². The minimum Gasteiger partial charge on any atom is -0.479 e. The summed E-state index contributed by atoms with van der Waals surface area (Å²) >= 11 is 6.01. The molecule has 0 radical (unpaired) electrons.